The Hall–Kier alpha value is -2.56. The maximum Gasteiger partial charge on any atom is 0.225 e. The van der Waals surface area contributed by atoms with Crippen LogP contribution in [-0.2, 0) is 11.2 Å². The highest BCUT2D eigenvalue weighted by Gasteiger charge is 2.26. The van der Waals surface area contributed by atoms with Gasteiger partial charge in [0, 0.05) is 32.1 Å². The summed E-state index contributed by atoms with van der Waals surface area (Å²) in [7, 11) is 1.68. The van der Waals surface area contributed by atoms with Gasteiger partial charge in [0.15, 0.2) is 0 Å². The lowest BCUT2D eigenvalue weighted by atomic mass is 9.99. The number of carbonyl (C=O) groups excluding carboxylic acids is 1. The summed E-state index contributed by atoms with van der Waals surface area (Å²) in [5.41, 5.74) is 2.06. The van der Waals surface area contributed by atoms with Gasteiger partial charge in [-0.2, -0.15) is 0 Å². The zero-order valence-electron chi connectivity index (χ0n) is 15.3. The van der Waals surface area contributed by atoms with E-state index in [0.717, 1.165) is 30.1 Å². The zero-order valence-corrected chi connectivity index (χ0v) is 15.3. The number of carbonyl (C=O) groups is 1. The standard InChI is InChI=1S/C21H25FN2O2/c1-16(15-17-7-9-18(22)10-8-17)21(25)24-13-11-23(12-14-24)19-5-3-4-6-20(19)26-2/h3-10,16H,11-15H2,1-2H3. The summed E-state index contributed by atoms with van der Waals surface area (Å²) in [6.45, 7) is 4.92. The maximum atomic E-state index is 13.0. The smallest absolute Gasteiger partial charge is 0.225 e. The van der Waals surface area contributed by atoms with Crippen molar-refractivity contribution in [3.8, 4) is 5.75 Å². The fraction of sp³-hybridized carbons (Fsp3) is 0.381. The van der Waals surface area contributed by atoms with Crippen LogP contribution >= 0.6 is 0 Å². The predicted molar refractivity (Wildman–Crippen MR) is 101 cm³/mol. The molecule has 1 saturated heterocycles. The quantitative estimate of drug-likeness (QED) is 0.824. The number of amides is 1. The Morgan fingerprint density at radius 2 is 1.73 bits per heavy atom. The molecule has 1 aliphatic rings. The van der Waals surface area contributed by atoms with Gasteiger partial charge in [0.2, 0.25) is 5.91 Å². The lowest BCUT2D eigenvalue weighted by Gasteiger charge is -2.37. The van der Waals surface area contributed by atoms with Gasteiger partial charge in [-0.05, 0) is 36.2 Å². The number of halogens is 1. The average molecular weight is 356 g/mol. The fourth-order valence-corrected chi connectivity index (χ4v) is 3.43. The van der Waals surface area contributed by atoms with E-state index in [9.17, 15) is 9.18 Å². The molecule has 26 heavy (non-hydrogen) atoms. The number of methoxy groups -OCH3 is 1. The van der Waals surface area contributed by atoms with Gasteiger partial charge in [0.1, 0.15) is 11.6 Å². The van der Waals surface area contributed by atoms with Gasteiger partial charge in [-0.25, -0.2) is 4.39 Å². The summed E-state index contributed by atoms with van der Waals surface area (Å²) < 4.78 is 18.5. The zero-order chi connectivity index (χ0) is 18.5. The molecular formula is C21H25FN2O2. The second kappa shape index (κ2) is 8.21. The van der Waals surface area contributed by atoms with Crippen molar-refractivity contribution in [2.45, 2.75) is 13.3 Å². The highest BCUT2D eigenvalue weighted by atomic mass is 19.1. The number of para-hydroxylation sites is 2. The van der Waals surface area contributed by atoms with Gasteiger partial charge in [0.25, 0.3) is 0 Å². The first-order valence-corrected chi connectivity index (χ1v) is 8.99. The lowest BCUT2D eigenvalue weighted by Crippen LogP contribution is -2.50. The molecule has 0 bridgehead atoms. The van der Waals surface area contributed by atoms with Crippen LogP contribution in [0.2, 0.25) is 0 Å². The second-order valence-corrected chi connectivity index (χ2v) is 6.72. The highest BCUT2D eigenvalue weighted by Crippen LogP contribution is 2.28. The largest absolute Gasteiger partial charge is 0.495 e. The molecule has 0 radical (unpaired) electrons. The molecule has 0 aliphatic carbocycles. The number of rotatable bonds is 5. The third kappa shape index (κ3) is 4.15. The van der Waals surface area contributed by atoms with E-state index in [1.165, 1.54) is 12.1 Å². The van der Waals surface area contributed by atoms with Gasteiger partial charge in [0.05, 0.1) is 12.8 Å². The van der Waals surface area contributed by atoms with Gasteiger partial charge in [-0.3, -0.25) is 4.79 Å². The summed E-state index contributed by atoms with van der Waals surface area (Å²) in [5, 5.41) is 0. The Morgan fingerprint density at radius 3 is 2.38 bits per heavy atom. The average Bonchev–Trinajstić information content (AvgIpc) is 2.69. The molecule has 0 N–H and O–H groups in total. The first kappa shape index (κ1) is 18.2. The van der Waals surface area contributed by atoms with Crippen LogP contribution in [-0.4, -0.2) is 44.1 Å². The molecule has 1 atom stereocenters. The predicted octanol–water partition coefficient (Wildman–Crippen LogP) is 3.36. The SMILES string of the molecule is COc1ccccc1N1CCN(C(=O)C(C)Cc2ccc(F)cc2)CC1. The molecule has 0 spiro atoms. The van der Waals surface area contributed by atoms with Crippen LogP contribution in [0.1, 0.15) is 12.5 Å². The third-order valence-corrected chi connectivity index (χ3v) is 4.89. The second-order valence-electron chi connectivity index (χ2n) is 6.72. The molecule has 5 heteroatoms. The van der Waals surface area contributed by atoms with E-state index in [0.29, 0.717) is 19.5 Å². The molecule has 1 amide bonds. The number of nitrogens with zero attached hydrogens (tertiary/aromatic N) is 2. The van der Waals surface area contributed by atoms with Crippen LogP contribution in [0.25, 0.3) is 0 Å². The van der Waals surface area contributed by atoms with Crippen LogP contribution in [0, 0.1) is 11.7 Å². The number of benzene rings is 2. The van der Waals surface area contributed by atoms with Crippen LogP contribution in [0.5, 0.6) is 5.75 Å². The topological polar surface area (TPSA) is 32.8 Å². The summed E-state index contributed by atoms with van der Waals surface area (Å²) in [5.74, 6) is 0.657. The minimum absolute atomic E-state index is 0.113. The van der Waals surface area contributed by atoms with E-state index in [1.807, 2.05) is 36.1 Å². The molecule has 2 aromatic carbocycles. The Kier molecular flexibility index (Phi) is 5.76. The molecule has 1 unspecified atom stereocenters. The Labute approximate surface area is 154 Å². The van der Waals surface area contributed by atoms with E-state index in [2.05, 4.69) is 4.90 Å². The monoisotopic (exact) mass is 356 g/mol. The molecule has 138 valence electrons. The molecule has 0 saturated carbocycles. The summed E-state index contributed by atoms with van der Waals surface area (Å²) >= 11 is 0. The van der Waals surface area contributed by atoms with Crippen molar-refractivity contribution in [1.29, 1.82) is 0 Å². The maximum absolute atomic E-state index is 13.0. The molecular weight excluding hydrogens is 331 g/mol. The van der Waals surface area contributed by atoms with Crippen LogP contribution in [0.15, 0.2) is 48.5 Å². The van der Waals surface area contributed by atoms with E-state index in [4.69, 9.17) is 4.74 Å². The van der Waals surface area contributed by atoms with Gasteiger partial charge in [-0.15, -0.1) is 0 Å². The Morgan fingerprint density at radius 1 is 1.08 bits per heavy atom. The highest BCUT2D eigenvalue weighted by molar-refractivity contribution is 5.79. The first-order valence-electron chi connectivity index (χ1n) is 8.99. The third-order valence-electron chi connectivity index (χ3n) is 4.89. The summed E-state index contributed by atoms with van der Waals surface area (Å²) in [6.07, 6.45) is 0.631. The van der Waals surface area contributed by atoms with Crippen molar-refractivity contribution < 1.29 is 13.9 Å². The van der Waals surface area contributed by atoms with E-state index in [1.54, 1.807) is 19.2 Å². The van der Waals surface area contributed by atoms with Crippen molar-refractivity contribution in [1.82, 2.24) is 4.90 Å². The van der Waals surface area contributed by atoms with Crippen molar-refractivity contribution in [2.75, 3.05) is 38.2 Å². The molecule has 2 aromatic rings. The van der Waals surface area contributed by atoms with Crippen LogP contribution in [0.3, 0.4) is 0 Å². The Balaban J connectivity index is 1.57. The minimum atomic E-state index is -0.250. The van der Waals surface area contributed by atoms with Crippen molar-refractivity contribution >= 4 is 11.6 Å². The number of ether oxygens (including phenoxy) is 1. The van der Waals surface area contributed by atoms with Crippen molar-refractivity contribution in [2.24, 2.45) is 5.92 Å². The Bertz CT molecular complexity index is 740. The molecule has 1 heterocycles. The van der Waals surface area contributed by atoms with Crippen molar-refractivity contribution in [3.05, 3.63) is 59.9 Å². The number of piperazine rings is 1. The number of hydrogen-bond donors (Lipinski definition) is 0. The summed E-state index contributed by atoms with van der Waals surface area (Å²) in [6, 6.07) is 14.3. The molecule has 3 rings (SSSR count). The normalized spacial score (nSPS) is 15.7. The fourth-order valence-electron chi connectivity index (χ4n) is 3.43. The van der Waals surface area contributed by atoms with E-state index < -0.39 is 0 Å². The minimum Gasteiger partial charge on any atom is -0.495 e. The van der Waals surface area contributed by atoms with Gasteiger partial charge in [-0.1, -0.05) is 31.2 Å². The molecule has 1 aliphatic heterocycles. The van der Waals surface area contributed by atoms with Gasteiger partial charge >= 0.3 is 0 Å². The van der Waals surface area contributed by atoms with Crippen LogP contribution in [0.4, 0.5) is 10.1 Å². The molecule has 1 fully saturated rings. The first-order chi connectivity index (χ1) is 12.6. The van der Waals surface area contributed by atoms with Crippen molar-refractivity contribution in [3.63, 3.8) is 0 Å². The van der Waals surface area contributed by atoms with Gasteiger partial charge < -0.3 is 14.5 Å². The number of anilines is 1. The summed E-state index contributed by atoms with van der Waals surface area (Å²) in [4.78, 5) is 16.9. The molecule has 4 nitrogen and oxygen atoms in total. The van der Waals surface area contributed by atoms with E-state index in [-0.39, 0.29) is 17.6 Å². The lowest BCUT2D eigenvalue weighted by molar-refractivity contribution is -0.135. The van der Waals surface area contributed by atoms with E-state index >= 15 is 0 Å². The van der Waals surface area contributed by atoms with Crippen LogP contribution < -0.4 is 9.64 Å². The number of hydrogen-bond acceptors (Lipinski definition) is 3. The molecule has 0 aromatic heterocycles.